The lowest BCUT2D eigenvalue weighted by Crippen LogP contribution is -2.48. The van der Waals surface area contributed by atoms with Gasteiger partial charge >= 0.3 is 0 Å². The van der Waals surface area contributed by atoms with Gasteiger partial charge in [0.25, 0.3) is 0 Å². The Bertz CT molecular complexity index is 2490. The standard InChI is InChI=1S/C48H41N3O/c1-47(2)40-22-34(37-9-6-10-44-45(37)49-28-52-44)13-17-38(40)39-18-14-35(23-41(39)47)43-24-42(32-7-4-3-5-8-32)50-46(51-43)33-11-15-36(16-12-33)48-25-29-19-30(26-48)21-31(20-29)27-48/h3-18,22-24,28-31H,19-21,25-27H2,1-2H3. The molecule has 52 heavy (non-hydrogen) atoms. The van der Waals surface area contributed by atoms with Gasteiger partial charge in [-0.15, -0.1) is 0 Å². The maximum Gasteiger partial charge on any atom is 0.182 e. The van der Waals surface area contributed by atoms with E-state index in [4.69, 9.17) is 14.4 Å². The van der Waals surface area contributed by atoms with Crippen molar-refractivity contribution in [2.75, 3.05) is 0 Å². The predicted molar refractivity (Wildman–Crippen MR) is 209 cm³/mol. The van der Waals surface area contributed by atoms with Crippen LogP contribution in [0.5, 0.6) is 0 Å². The average molecular weight is 676 g/mol. The van der Waals surface area contributed by atoms with Crippen molar-refractivity contribution in [3.8, 4) is 56.2 Å². The zero-order chi connectivity index (χ0) is 34.6. The van der Waals surface area contributed by atoms with Crippen LogP contribution in [0.1, 0.15) is 69.1 Å². The lowest BCUT2D eigenvalue weighted by Gasteiger charge is -2.57. The van der Waals surface area contributed by atoms with Crippen LogP contribution >= 0.6 is 0 Å². The number of oxazole rings is 1. The summed E-state index contributed by atoms with van der Waals surface area (Å²) in [5.41, 5.74) is 16.1. The minimum atomic E-state index is -0.195. The summed E-state index contributed by atoms with van der Waals surface area (Å²) in [5, 5.41) is 0. The normalized spacial score (nSPS) is 23.5. The SMILES string of the molecule is CC1(C)c2cc(-c3cc(-c4ccccc4)nc(-c4ccc(C56CC7CC(CC(C7)C5)C6)cc4)n3)ccc2-c2ccc(-c3cccc4ocnc34)cc21. The summed E-state index contributed by atoms with van der Waals surface area (Å²) in [5.74, 6) is 3.57. The van der Waals surface area contributed by atoms with Crippen LogP contribution in [0.2, 0.25) is 0 Å². The molecule has 4 heteroatoms. The van der Waals surface area contributed by atoms with Crippen LogP contribution in [0.25, 0.3) is 67.3 Å². The van der Waals surface area contributed by atoms with Crippen molar-refractivity contribution in [3.63, 3.8) is 0 Å². The first-order valence-corrected chi connectivity index (χ1v) is 19.1. The molecule has 0 radical (unpaired) electrons. The maximum absolute atomic E-state index is 5.62. The van der Waals surface area contributed by atoms with E-state index in [-0.39, 0.29) is 5.41 Å². The third-order valence-electron chi connectivity index (χ3n) is 13.2. The zero-order valence-electron chi connectivity index (χ0n) is 29.8. The van der Waals surface area contributed by atoms with Crippen LogP contribution in [0.4, 0.5) is 0 Å². The Balaban J connectivity index is 0.978. The van der Waals surface area contributed by atoms with Crippen molar-refractivity contribution >= 4 is 11.1 Å². The van der Waals surface area contributed by atoms with Crippen molar-refractivity contribution in [3.05, 3.63) is 138 Å². The van der Waals surface area contributed by atoms with Gasteiger partial charge in [0.05, 0.1) is 11.4 Å². The van der Waals surface area contributed by atoms with Crippen molar-refractivity contribution in [1.29, 1.82) is 0 Å². The smallest absolute Gasteiger partial charge is 0.182 e. The van der Waals surface area contributed by atoms with E-state index in [0.717, 1.165) is 73.9 Å². The largest absolute Gasteiger partial charge is 0.443 e. The van der Waals surface area contributed by atoms with E-state index in [9.17, 15) is 0 Å². The topological polar surface area (TPSA) is 51.8 Å². The number of para-hydroxylation sites is 1. The molecule has 4 nitrogen and oxygen atoms in total. The lowest BCUT2D eigenvalue weighted by molar-refractivity contribution is -0.00518. The predicted octanol–water partition coefficient (Wildman–Crippen LogP) is 12.1. The number of fused-ring (bicyclic) bond motifs is 4. The molecule has 0 spiro atoms. The number of rotatable bonds is 5. The van der Waals surface area contributed by atoms with E-state index in [1.807, 2.05) is 12.1 Å². The highest BCUT2D eigenvalue weighted by Crippen LogP contribution is 2.61. The highest BCUT2D eigenvalue weighted by atomic mass is 16.3. The molecule has 254 valence electrons. The minimum absolute atomic E-state index is 0.195. The van der Waals surface area contributed by atoms with Crippen LogP contribution in [-0.4, -0.2) is 15.0 Å². The molecule has 0 atom stereocenters. The molecular weight excluding hydrogens is 635 g/mol. The Morgan fingerprint density at radius 2 is 1.17 bits per heavy atom. The van der Waals surface area contributed by atoms with Gasteiger partial charge in [-0.2, -0.15) is 0 Å². The first-order chi connectivity index (χ1) is 25.4. The van der Waals surface area contributed by atoms with Crippen LogP contribution in [-0.2, 0) is 10.8 Å². The molecule has 2 aromatic heterocycles. The molecule has 0 amide bonds. The second-order valence-corrected chi connectivity index (χ2v) is 16.8. The lowest BCUT2D eigenvalue weighted by atomic mass is 9.48. The number of hydrogen-bond acceptors (Lipinski definition) is 4. The summed E-state index contributed by atoms with van der Waals surface area (Å²) in [6, 6.07) is 42.0. The molecule has 4 fully saturated rings. The van der Waals surface area contributed by atoms with E-state index in [2.05, 4.69) is 122 Å². The van der Waals surface area contributed by atoms with Crippen LogP contribution in [0, 0.1) is 17.8 Å². The monoisotopic (exact) mass is 675 g/mol. The first kappa shape index (κ1) is 30.3. The third-order valence-corrected chi connectivity index (χ3v) is 13.2. The number of aromatic nitrogens is 3. The van der Waals surface area contributed by atoms with Gasteiger partial charge in [-0.25, -0.2) is 15.0 Å². The van der Waals surface area contributed by atoms with Gasteiger partial charge < -0.3 is 4.42 Å². The highest BCUT2D eigenvalue weighted by Gasteiger charge is 2.51. The van der Waals surface area contributed by atoms with Gasteiger partial charge in [-0.05, 0) is 119 Å². The average Bonchev–Trinajstić information content (AvgIpc) is 3.75. The Morgan fingerprint density at radius 1 is 0.558 bits per heavy atom. The van der Waals surface area contributed by atoms with E-state index in [1.165, 1.54) is 72.7 Å². The molecule has 7 aromatic rings. The number of nitrogens with zero attached hydrogens (tertiary/aromatic N) is 3. The van der Waals surface area contributed by atoms with Gasteiger partial charge in [0.1, 0.15) is 5.52 Å². The molecule has 0 saturated heterocycles. The van der Waals surface area contributed by atoms with Crippen LogP contribution in [0.3, 0.4) is 0 Å². The van der Waals surface area contributed by atoms with Crippen LogP contribution < -0.4 is 0 Å². The van der Waals surface area contributed by atoms with E-state index >= 15 is 0 Å². The fraction of sp³-hybridized carbons (Fsp3) is 0.271. The molecule has 0 unspecified atom stereocenters. The quantitative estimate of drug-likeness (QED) is 0.182. The Labute approximate surface area is 305 Å². The van der Waals surface area contributed by atoms with E-state index in [1.54, 1.807) is 0 Å². The summed E-state index contributed by atoms with van der Waals surface area (Å²) >= 11 is 0. The summed E-state index contributed by atoms with van der Waals surface area (Å²) in [6.45, 7) is 4.68. The molecule has 12 rings (SSSR count). The fourth-order valence-electron chi connectivity index (χ4n) is 11.1. The minimum Gasteiger partial charge on any atom is -0.443 e. The maximum atomic E-state index is 5.62. The van der Waals surface area contributed by atoms with Gasteiger partial charge in [-0.1, -0.05) is 105 Å². The first-order valence-electron chi connectivity index (χ1n) is 19.1. The van der Waals surface area contributed by atoms with Crippen molar-refractivity contribution in [1.82, 2.24) is 15.0 Å². The zero-order valence-corrected chi connectivity index (χ0v) is 29.8. The number of benzene rings is 5. The molecule has 5 aliphatic rings. The van der Waals surface area contributed by atoms with Gasteiger partial charge in [0.15, 0.2) is 17.8 Å². The molecule has 0 aliphatic heterocycles. The molecular formula is C48H41N3O. The molecule has 5 aromatic carbocycles. The summed E-state index contributed by atoms with van der Waals surface area (Å²) in [4.78, 5) is 15.0. The van der Waals surface area contributed by atoms with Crippen LogP contribution in [0.15, 0.2) is 126 Å². The van der Waals surface area contributed by atoms with Crippen molar-refractivity contribution < 1.29 is 4.42 Å². The van der Waals surface area contributed by atoms with Gasteiger partial charge in [0.2, 0.25) is 0 Å². The Hall–Kier alpha value is -5.35. The molecule has 4 saturated carbocycles. The highest BCUT2D eigenvalue weighted by molar-refractivity contribution is 5.93. The van der Waals surface area contributed by atoms with Gasteiger partial charge in [-0.3, -0.25) is 0 Å². The number of hydrogen-bond donors (Lipinski definition) is 0. The van der Waals surface area contributed by atoms with E-state index in [0.29, 0.717) is 5.41 Å². The van der Waals surface area contributed by atoms with Crippen molar-refractivity contribution in [2.45, 2.75) is 63.2 Å². The molecule has 2 heterocycles. The Kier molecular flexibility index (Phi) is 6.45. The third kappa shape index (κ3) is 4.62. The Morgan fingerprint density at radius 3 is 1.87 bits per heavy atom. The fourth-order valence-corrected chi connectivity index (χ4v) is 11.1. The van der Waals surface area contributed by atoms with Gasteiger partial charge in [0, 0.05) is 27.7 Å². The molecule has 5 aliphatic carbocycles. The summed E-state index contributed by atoms with van der Waals surface area (Å²) < 4.78 is 5.62. The second kappa shape index (κ2) is 11.1. The molecule has 4 bridgehead atoms. The van der Waals surface area contributed by atoms with E-state index < -0.39 is 0 Å². The molecule has 0 N–H and O–H groups in total. The summed E-state index contributed by atoms with van der Waals surface area (Å²) in [7, 11) is 0. The second-order valence-electron chi connectivity index (χ2n) is 16.8. The van der Waals surface area contributed by atoms with Crippen molar-refractivity contribution in [2.24, 2.45) is 17.8 Å². The summed E-state index contributed by atoms with van der Waals surface area (Å²) in [6.07, 6.45) is 10.1.